The molecule has 1 fully saturated rings. The Hall–Kier alpha value is -2.77. The van der Waals surface area contributed by atoms with E-state index in [1.54, 1.807) is 12.1 Å². The van der Waals surface area contributed by atoms with Crippen LogP contribution in [0.5, 0.6) is 0 Å². The molecule has 140 valence electrons. The van der Waals surface area contributed by atoms with E-state index in [-0.39, 0.29) is 10.9 Å². The second kappa shape index (κ2) is 9.25. The molecular formula is C20H21N3O3S. The Morgan fingerprint density at radius 2 is 1.81 bits per heavy atom. The molecule has 1 aromatic heterocycles. The number of carbonyl (C=O) groups is 1. The number of amides is 1. The van der Waals surface area contributed by atoms with Gasteiger partial charge in [0.05, 0.1) is 4.92 Å². The lowest BCUT2D eigenvalue weighted by Gasteiger charge is -2.33. The SMILES string of the molecule is O=C(/C=C/c1ccc([N+](=O)[O-])s1)N1CCN(C/C=C/c2ccccc2)CC1. The standard InChI is InChI=1S/C20H21N3O3S/c24-19(10-8-18-9-11-20(27-18)23(25)26)22-15-13-21(14-16-22)12-4-7-17-5-2-1-3-6-17/h1-11H,12-16H2/b7-4+,10-8+. The van der Waals surface area contributed by atoms with Crippen LogP contribution < -0.4 is 0 Å². The van der Waals surface area contributed by atoms with E-state index >= 15 is 0 Å². The highest BCUT2D eigenvalue weighted by atomic mass is 32.1. The van der Waals surface area contributed by atoms with Crippen LogP contribution in [0.4, 0.5) is 5.00 Å². The largest absolute Gasteiger partial charge is 0.337 e. The predicted molar refractivity (Wildman–Crippen MR) is 109 cm³/mol. The summed E-state index contributed by atoms with van der Waals surface area (Å²) in [5.74, 6) is -0.0504. The summed E-state index contributed by atoms with van der Waals surface area (Å²) in [6.45, 7) is 3.91. The van der Waals surface area contributed by atoms with Gasteiger partial charge in [0.25, 0.3) is 0 Å². The van der Waals surface area contributed by atoms with E-state index in [9.17, 15) is 14.9 Å². The molecule has 0 bridgehead atoms. The Bertz CT molecular complexity index is 837. The summed E-state index contributed by atoms with van der Waals surface area (Å²) in [5.41, 5.74) is 1.19. The molecule has 0 N–H and O–H groups in total. The molecule has 6 nitrogen and oxygen atoms in total. The monoisotopic (exact) mass is 383 g/mol. The molecule has 0 unspecified atom stereocenters. The van der Waals surface area contributed by atoms with Crippen molar-refractivity contribution in [2.75, 3.05) is 32.7 Å². The fourth-order valence-corrected chi connectivity index (χ4v) is 3.57. The van der Waals surface area contributed by atoms with Gasteiger partial charge in [-0.05, 0) is 17.7 Å². The highest BCUT2D eigenvalue weighted by molar-refractivity contribution is 7.16. The van der Waals surface area contributed by atoms with Crippen molar-refractivity contribution in [3.63, 3.8) is 0 Å². The van der Waals surface area contributed by atoms with Gasteiger partial charge in [0.2, 0.25) is 5.91 Å². The van der Waals surface area contributed by atoms with Crippen LogP contribution in [0.3, 0.4) is 0 Å². The first-order valence-corrected chi connectivity index (χ1v) is 9.58. The fraction of sp³-hybridized carbons (Fsp3) is 0.250. The van der Waals surface area contributed by atoms with Crippen LogP contribution in [-0.4, -0.2) is 53.4 Å². The molecule has 2 aromatic rings. The minimum absolute atomic E-state index is 0.0504. The predicted octanol–water partition coefficient (Wildman–Crippen LogP) is 3.53. The van der Waals surface area contributed by atoms with Crippen molar-refractivity contribution in [1.82, 2.24) is 9.80 Å². The van der Waals surface area contributed by atoms with Gasteiger partial charge in [0.1, 0.15) is 0 Å². The Balaban J connectivity index is 1.44. The molecule has 1 aromatic carbocycles. The number of nitro groups is 1. The van der Waals surface area contributed by atoms with E-state index in [2.05, 4.69) is 29.2 Å². The number of rotatable bonds is 6. The topological polar surface area (TPSA) is 66.7 Å². The molecule has 0 saturated carbocycles. The highest BCUT2D eigenvalue weighted by Gasteiger charge is 2.18. The molecule has 0 atom stereocenters. The zero-order valence-corrected chi connectivity index (χ0v) is 15.7. The first-order chi connectivity index (χ1) is 13.1. The van der Waals surface area contributed by atoms with Crippen molar-refractivity contribution >= 4 is 34.4 Å². The second-order valence-electron chi connectivity index (χ2n) is 6.21. The number of piperazine rings is 1. The van der Waals surface area contributed by atoms with E-state index in [1.165, 1.54) is 17.7 Å². The zero-order valence-electron chi connectivity index (χ0n) is 14.9. The summed E-state index contributed by atoms with van der Waals surface area (Å²) in [7, 11) is 0. The molecule has 27 heavy (non-hydrogen) atoms. The number of nitrogens with zero attached hydrogens (tertiary/aromatic N) is 3. The van der Waals surface area contributed by atoms with Gasteiger partial charge in [-0.2, -0.15) is 0 Å². The molecule has 7 heteroatoms. The molecular weight excluding hydrogens is 362 g/mol. The molecule has 1 amide bonds. The summed E-state index contributed by atoms with van der Waals surface area (Å²) in [5, 5.41) is 10.8. The third kappa shape index (κ3) is 5.60. The van der Waals surface area contributed by atoms with Crippen molar-refractivity contribution in [2.45, 2.75) is 0 Å². The van der Waals surface area contributed by atoms with Gasteiger partial charge in [-0.25, -0.2) is 0 Å². The van der Waals surface area contributed by atoms with Gasteiger partial charge in [0.15, 0.2) is 0 Å². The van der Waals surface area contributed by atoms with Crippen LogP contribution in [0.2, 0.25) is 0 Å². The molecule has 1 aliphatic heterocycles. The third-order valence-electron chi connectivity index (χ3n) is 4.34. The summed E-state index contributed by atoms with van der Waals surface area (Å²) in [6.07, 6.45) is 7.41. The zero-order chi connectivity index (χ0) is 19.1. The van der Waals surface area contributed by atoms with Crippen LogP contribution in [0.25, 0.3) is 12.2 Å². The van der Waals surface area contributed by atoms with E-state index in [1.807, 2.05) is 23.1 Å². The molecule has 2 heterocycles. The lowest BCUT2D eigenvalue weighted by atomic mass is 10.2. The average molecular weight is 383 g/mol. The minimum atomic E-state index is -0.421. The van der Waals surface area contributed by atoms with E-state index < -0.39 is 4.92 Å². The van der Waals surface area contributed by atoms with Crippen LogP contribution in [-0.2, 0) is 4.79 Å². The van der Waals surface area contributed by atoms with Crippen LogP contribution >= 0.6 is 11.3 Å². The van der Waals surface area contributed by atoms with Crippen molar-refractivity contribution in [3.05, 3.63) is 75.2 Å². The maximum Gasteiger partial charge on any atom is 0.324 e. The van der Waals surface area contributed by atoms with Gasteiger partial charge >= 0.3 is 5.00 Å². The maximum absolute atomic E-state index is 12.3. The molecule has 1 saturated heterocycles. The van der Waals surface area contributed by atoms with Crippen molar-refractivity contribution in [3.8, 4) is 0 Å². The number of thiophene rings is 1. The van der Waals surface area contributed by atoms with Gasteiger partial charge in [-0.15, -0.1) is 0 Å². The maximum atomic E-state index is 12.3. The van der Waals surface area contributed by atoms with E-state index in [4.69, 9.17) is 0 Å². The summed E-state index contributed by atoms with van der Waals surface area (Å²) in [6, 6.07) is 13.3. The van der Waals surface area contributed by atoms with E-state index in [0.717, 1.165) is 31.0 Å². The van der Waals surface area contributed by atoms with Gasteiger partial charge in [0, 0.05) is 49.7 Å². The lowest BCUT2D eigenvalue weighted by molar-refractivity contribution is -0.380. The van der Waals surface area contributed by atoms with Crippen molar-refractivity contribution in [2.24, 2.45) is 0 Å². The molecule has 0 aliphatic carbocycles. The smallest absolute Gasteiger partial charge is 0.324 e. The first-order valence-electron chi connectivity index (χ1n) is 8.77. The van der Waals surface area contributed by atoms with Gasteiger partial charge in [-0.3, -0.25) is 19.8 Å². The normalized spacial score (nSPS) is 15.6. The summed E-state index contributed by atoms with van der Waals surface area (Å²) < 4.78 is 0. The number of hydrogen-bond acceptors (Lipinski definition) is 5. The number of hydrogen-bond donors (Lipinski definition) is 0. The number of benzene rings is 1. The third-order valence-corrected chi connectivity index (χ3v) is 5.34. The van der Waals surface area contributed by atoms with Crippen LogP contribution in [0.1, 0.15) is 10.4 Å². The van der Waals surface area contributed by atoms with Crippen LogP contribution in [0, 0.1) is 10.1 Å². The molecule has 0 radical (unpaired) electrons. The van der Waals surface area contributed by atoms with E-state index in [0.29, 0.717) is 18.0 Å². The van der Waals surface area contributed by atoms with Crippen LogP contribution in [0.15, 0.2) is 54.6 Å². The summed E-state index contributed by atoms with van der Waals surface area (Å²) in [4.78, 5) is 27.4. The molecule has 1 aliphatic rings. The van der Waals surface area contributed by atoms with Gasteiger partial charge < -0.3 is 4.90 Å². The quantitative estimate of drug-likeness (QED) is 0.435. The molecule has 3 rings (SSSR count). The van der Waals surface area contributed by atoms with Crippen molar-refractivity contribution in [1.29, 1.82) is 0 Å². The second-order valence-corrected chi connectivity index (χ2v) is 7.30. The first kappa shape index (κ1) is 19.0. The fourth-order valence-electron chi connectivity index (χ4n) is 2.84. The Labute approximate surface area is 162 Å². The highest BCUT2D eigenvalue weighted by Crippen LogP contribution is 2.24. The Morgan fingerprint density at radius 1 is 1.07 bits per heavy atom. The van der Waals surface area contributed by atoms with Gasteiger partial charge in [-0.1, -0.05) is 53.8 Å². The lowest BCUT2D eigenvalue weighted by Crippen LogP contribution is -2.48. The average Bonchev–Trinajstić information content (AvgIpc) is 3.17. The van der Waals surface area contributed by atoms with Crippen molar-refractivity contribution < 1.29 is 9.72 Å². The minimum Gasteiger partial charge on any atom is -0.337 e. The Kier molecular flexibility index (Phi) is 6.51. The summed E-state index contributed by atoms with van der Waals surface area (Å²) >= 11 is 1.06. The molecule has 0 spiro atoms. The Morgan fingerprint density at radius 3 is 2.48 bits per heavy atom. The number of carbonyl (C=O) groups excluding carboxylic acids is 1.